The van der Waals surface area contributed by atoms with Crippen LogP contribution in [0.25, 0.3) is 32.9 Å². The number of carbonyl (C=O) groups is 1. The zero-order valence-corrected chi connectivity index (χ0v) is 14.1. The molecule has 0 fully saturated rings. The first-order chi connectivity index (χ1) is 11.6. The molecule has 0 spiro atoms. The van der Waals surface area contributed by atoms with Crippen LogP contribution in [-0.4, -0.2) is 31.0 Å². The number of rotatable bonds is 3. The molecule has 3 N–H and O–H groups in total. The van der Waals surface area contributed by atoms with Crippen molar-refractivity contribution in [2.45, 2.75) is 0 Å². The summed E-state index contributed by atoms with van der Waals surface area (Å²) in [5.41, 5.74) is 2.22. The molecule has 0 unspecified atom stereocenters. The Labute approximate surface area is 150 Å². The molecular weight excluding hydrogens is 364 g/mol. The van der Waals surface area contributed by atoms with Gasteiger partial charge >= 0.3 is 5.97 Å². The molecule has 0 amide bonds. The fourth-order valence-corrected chi connectivity index (χ4v) is 3.29. The van der Waals surface area contributed by atoms with Crippen molar-refractivity contribution in [3.8, 4) is 21.8 Å². The van der Waals surface area contributed by atoms with E-state index in [0.717, 1.165) is 16.6 Å². The number of aromatic carboxylic acids is 1. The van der Waals surface area contributed by atoms with Gasteiger partial charge in [-0.05, 0) is 18.2 Å². The fraction of sp³-hybridized carbons (Fsp3) is 0. The molecule has 126 valence electrons. The Morgan fingerprint density at radius 1 is 1.20 bits per heavy atom. The van der Waals surface area contributed by atoms with Gasteiger partial charge in [0.25, 0.3) is 5.56 Å². The number of fused-ring (bicyclic) bond motifs is 1. The second kappa shape index (κ2) is 6.50. The summed E-state index contributed by atoms with van der Waals surface area (Å²) in [6, 6.07) is 5.11. The molecule has 0 saturated carbocycles. The molecule has 0 aliphatic rings. The van der Waals surface area contributed by atoms with Crippen LogP contribution in [0.4, 0.5) is 0 Å². The number of carboxylic acids is 1. The molecule has 4 heterocycles. The third-order valence-corrected chi connectivity index (χ3v) is 4.49. The summed E-state index contributed by atoms with van der Waals surface area (Å²) in [4.78, 5) is 37.3. The lowest BCUT2D eigenvalue weighted by Gasteiger charge is -1.98. The maximum Gasteiger partial charge on any atom is 0.337 e. The maximum absolute atomic E-state index is 12.0. The third kappa shape index (κ3) is 2.92. The summed E-state index contributed by atoms with van der Waals surface area (Å²) in [6.07, 6.45) is 4.69. The number of pyridine rings is 2. The van der Waals surface area contributed by atoms with E-state index in [2.05, 4.69) is 19.9 Å². The SMILES string of the molecule is Cl.O=C(O)c1c[nH]c(=O)c(-c2nc(-c3c[nH]c4ncccc34)cs2)c1. The van der Waals surface area contributed by atoms with Crippen molar-refractivity contribution in [3.05, 3.63) is 58.1 Å². The predicted molar refractivity (Wildman–Crippen MR) is 97.5 cm³/mol. The highest BCUT2D eigenvalue weighted by atomic mass is 35.5. The van der Waals surface area contributed by atoms with Crippen LogP contribution in [-0.2, 0) is 0 Å². The van der Waals surface area contributed by atoms with Crippen LogP contribution in [0.1, 0.15) is 10.4 Å². The lowest BCUT2D eigenvalue weighted by atomic mass is 10.2. The number of hydrogen-bond acceptors (Lipinski definition) is 5. The molecule has 0 aliphatic heterocycles. The molecule has 0 aromatic carbocycles. The standard InChI is InChI=1S/C16H10N4O3S.ClH/c21-14-10(4-8(5-19-14)16(22)23)15-20-12(7-24-15)11-6-18-13-9(11)2-1-3-17-13;/h1-7H,(H,17,18)(H,19,21)(H,22,23);1H. The van der Waals surface area contributed by atoms with E-state index in [4.69, 9.17) is 5.11 Å². The highest BCUT2D eigenvalue weighted by molar-refractivity contribution is 7.13. The molecule has 4 aromatic heterocycles. The van der Waals surface area contributed by atoms with Gasteiger partial charge in [-0.2, -0.15) is 0 Å². The lowest BCUT2D eigenvalue weighted by molar-refractivity contribution is 0.0696. The quantitative estimate of drug-likeness (QED) is 0.510. The second-order valence-corrected chi connectivity index (χ2v) is 5.93. The van der Waals surface area contributed by atoms with Gasteiger partial charge in [0.15, 0.2) is 0 Å². The van der Waals surface area contributed by atoms with Crippen molar-refractivity contribution >= 4 is 40.7 Å². The number of carboxylic acid groups (broad SMARTS) is 1. The van der Waals surface area contributed by atoms with Crippen LogP contribution in [0.5, 0.6) is 0 Å². The average molecular weight is 375 g/mol. The van der Waals surface area contributed by atoms with Crippen LogP contribution >= 0.6 is 23.7 Å². The first-order valence-electron chi connectivity index (χ1n) is 6.98. The van der Waals surface area contributed by atoms with Gasteiger partial charge in [0.2, 0.25) is 0 Å². The molecule has 0 bridgehead atoms. The predicted octanol–water partition coefficient (Wildman–Crippen LogP) is 3.16. The number of aromatic nitrogens is 4. The summed E-state index contributed by atoms with van der Waals surface area (Å²) in [5, 5.41) is 12.3. The molecule has 4 rings (SSSR count). The van der Waals surface area contributed by atoms with E-state index in [9.17, 15) is 9.59 Å². The largest absolute Gasteiger partial charge is 0.478 e. The van der Waals surface area contributed by atoms with Crippen molar-refractivity contribution in [2.75, 3.05) is 0 Å². The van der Waals surface area contributed by atoms with E-state index in [1.54, 1.807) is 6.20 Å². The van der Waals surface area contributed by atoms with Crippen molar-refractivity contribution in [3.63, 3.8) is 0 Å². The molecule has 0 aliphatic carbocycles. The highest BCUT2D eigenvalue weighted by Gasteiger charge is 2.15. The van der Waals surface area contributed by atoms with Crippen LogP contribution in [0, 0.1) is 0 Å². The number of halogens is 1. The Kier molecular flexibility index (Phi) is 4.39. The molecule has 7 nitrogen and oxygen atoms in total. The molecule has 0 atom stereocenters. The summed E-state index contributed by atoms with van der Waals surface area (Å²) in [6.45, 7) is 0. The van der Waals surface area contributed by atoms with Gasteiger partial charge in [-0.3, -0.25) is 4.79 Å². The van der Waals surface area contributed by atoms with Gasteiger partial charge in [0, 0.05) is 34.9 Å². The lowest BCUT2D eigenvalue weighted by Crippen LogP contribution is -2.11. The minimum atomic E-state index is -1.10. The Morgan fingerprint density at radius 2 is 2.04 bits per heavy atom. The molecule has 4 aromatic rings. The second-order valence-electron chi connectivity index (χ2n) is 5.08. The smallest absolute Gasteiger partial charge is 0.337 e. The monoisotopic (exact) mass is 374 g/mol. The van der Waals surface area contributed by atoms with E-state index in [-0.39, 0.29) is 29.1 Å². The van der Waals surface area contributed by atoms with Crippen molar-refractivity contribution < 1.29 is 9.90 Å². The Balaban J connectivity index is 0.00000182. The van der Waals surface area contributed by atoms with Crippen molar-refractivity contribution in [1.82, 2.24) is 19.9 Å². The van der Waals surface area contributed by atoms with Gasteiger partial charge in [-0.15, -0.1) is 23.7 Å². The maximum atomic E-state index is 12.0. The number of nitrogens with zero attached hydrogens (tertiary/aromatic N) is 2. The molecule has 0 saturated heterocycles. The van der Waals surface area contributed by atoms with E-state index >= 15 is 0 Å². The molecule has 0 radical (unpaired) electrons. The van der Waals surface area contributed by atoms with Gasteiger partial charge in [0.1, 0.15) is 10.7 Å². The Hall–Kier alpha value is -2.97. The fourth-order valence-electron chi connectivity index (χ4n) is 2.46. The van der Waals surface area contributed by atoms with Crippen LogP contribution in [0.3, 0.4) is 0 Å². The van der Waals surface area contributed by atoms with E-state index < -0.39 is 5.97 Å². The minimum absolute atomic E-state index is 0. The Morgan fingerprint density at radius 3 is 2.84 bits per heavy atom. The van der Waals surface area contributed by atoms with E-state index in [0.29, 0.717) is 10.7 Å². The summed E-state index contributed by atoms with van der Waals surface area (Å²) in [7, 11) is 0. The number of nitrogens with one attached hydrogen (secondary N) is 2. The number of hydrogen-bond donors (Lipinski definition) is 3. The summed E-state index contributed by atoms with van der Waals surface area (Å²) in [5.74, 6) is -1.10. The number of H-pyrrole nitrogens is 2. The average Bonchev–Trinajstić information content (AvgIpc) is 3.21. The van der Waals surface area contributed by atoms with Gasteiger partial charge < -0.3 is 15.1 Å². The normalized spacial score (nSPS) is 10.6. The van der Waals surface area contributed by atoms with Crippen LogP contribution < -0.4 is 5.56 Å². The summed E-state index contributed by atoms with van der Waals surface area (Å²) >= 11 is 1.29. The first kappa shape index (κ1) is 16.9. The van der Waals surface area contributed by atoms with Gasteiger partial charge in [0.05, 0.1) is 16.8 Å². The zero-order chi connectivity index (χ0) is 16.7. The third-order valence-electron chi connectivity index (χ3n) is 3.61. The number of aromatic amines is 2. The van der Waals surface area contributed by atoms with Crippen LogP contribution in [0.2, 0.25) is 0 Å². The molecule has 25 heavy (non-hydrogen) atoms. The van der Waals surface area contributed by atoms with Gasteiger partial charge in [-0.1, -0.05) is 0 Å². The topological polar surface area (TPSA) is 112 Å². The first-order valence-corrected chi connectivity index (χ1v) is 7.86. The Bertz CT molecular complexity index is 1130. The summed E-state index contributed by atoms with van der Waals surface area (Å²) < 4.78 is 0. The van der Waals surface area contributed by atoms with Crippen molar-refractivity contribution in [2.24, 2.45) is 0 Å². The molecular formula is C16H11ClN4O3S. The number of thiazole rings is 1. The molecule has 9 heteroatoms. The zero-order valence-electron chi connectivity index (χ0n) is 12.5. The van der Waals surface area contributed by atoms with Gasteiger partial charge in [-0.25, -0.2) is 14.8 Å². The van der Waals surface area contributed by atoms with E-state index in [1.807, 2.05) is 23.7 Å². The minimum Gasteiger partial charge on any atom is -0.478 e. The van der Waals surface area contributed by atoms with E-state index in [1.165, 1.54) is 23.6 Å². The van der Waals surface area contributed by atoms with Crippen molar-refractivity contribution in [1.29, 1.82) is 0 Å². The van der Waals surface area contributed by atoms with Crippen LogP contribution in [0.15, 0.2) is 47.0 Å². The highest BCUT2D eigenvalue weighted by Crippen LogP contribution is 2.31.